The number of methoxy groups -OCH3 is 1. The van der Waals surface area contributed by atoms with Crippen LogP contribution in [0, 0.1) is 0 Å². The smallest absolute Gasteiger partial charge is 0.241 e. The molecule has 7 nitrogen and oxygen atoms in total. The molecule has 0 unspecified atom stereocenters. The molecule has 0 spiro atoms. The fourth-order valence-electron chi connectivity index (χ4n) is 4.33. The molecule has 2 aliphatic rings. The van der Waals surface area contributed by atoms with Crippen LogP contribution < -0.4 is 14.8 Å². The van der Waals surface area contributed by atoms with Crippen LogP contribution in [0.1, 0.15) is 37.7 Å². The summed E-state index contributed by atoms with van der Waals surface area (Å²) in [7, 11) is 3.80. The molecule has 1 fully saturated rings. The number of ether oxygens (including phenoxy) is 2. The van der Waals surface area contributed by atoms with Crippen molar-refractivity contribution in [3.63, 3.8) is 0 Å². The van der Waals surface area contributed by atoms with Crippen LogP contribution in [0.3, 0.4) is 0 Å². The number of carbonyl (C=O) groups excluding carboxylic acids is 1. The summed E-state index contributed by atoms with van der Waals surface area (Å²) >= 11 is 0. The number of rotatable bonds is 7. The minimum atomic E-state index is -0.0242. The van der Waals surface area contributed by atoms with E-state index in [1.165, 1.54) is 32.1 Å². The first-order valence-electron chi connectivity index (χ1n) is 10.5. The first-order chi connectivity index (χ1) is 14.2. The lowest BCUT2D eigenvalue weighted by atomic mass is 9.94. The SMILES string of the molecule is COc1ccc2c(c1)-c1c(cnn1CC(=O)NCCN(C)C1CCCCC1)CO2. The summed E-state index contributed by atoms with van der Waals surface area (Å²) in [5, 5.41) is 7.48. The molecule has 0 saturated heterocycles. The number of hydrogen-bond acceptors (Lipinski definition) is 5. The van der Waals surface area contributed by atoms with Crippen molar-refractivity contribution < 1.29 is 14.3 Å². The van der Waals surface area contributed by atoms with Crippen LogP contribution in [-0.2, 0) is 17.9 Å². The van der Waals surface area contributed by atoms with E-state index in [9.17, 15) is 4.79 Å². The van der Waals surface area contributed by atoms with Gasteiger partial charge in [0.05, 0.1) is 19.0 Å². The van der Waals surface area contributed by atoms with Gasteiger partial charge >= 0.3 is 0 Å². The van der Waals surface area contributed by atoms with E-state index in [0.717, 1.165) is 34.9 Å². The molecule has 1 saturated carbocycles. The Labute approximate surface area is 172 Å². The standard InChI is InChI=1S/C22H30N4O3/c1-25(17-6-4-3-5-7-17)11-10-23-21(27)14-26-22-16(13-24-26)15-29-20-9-8-18(28-2)12-19(20)22/h8-9,12-13,17H,3-7,10-11,14-15H2,1-2H3,(H,23,27). The van der Waals surface area contributed by atoms with Crippen molar-refractivity contribution in [2.45, 2.75) is 51.3 Å². The molecule has 1 aromatic carbocycles. The summed E-state index contributed by atoms with van der Waals surface area (Å²) in [4.78, 5) is 14.9. The van der Waals surface area contributed by atoms with E-state index in [1.54, 1.807) is 18.0 Å². The van der Waals surface area contributed by atoms with E-state index in [4.69, 9.17) is 9.47 Å². The lowest BCUT2D eigenvalue weighted by Crippen LogP contribution is -2.40. The van der Waals surface area contributed by atoms with E-state index < -0.39 is 0 Å². The van der Waals surface area contributed by atoms with Crippen LogP contribution in [0.15, 0.2) is 24.4 Å². The summed E-state index contributed by atoms with van der Waals surface area (Å²) in [6.07, 6.45) is 8.32. The third-order valence-corrected chi connectivity index (χ3v) is 6.02. The fourth-order valence-corrected chi connectivity index (χ4v) is 4.33. The topological polar surface area (TPSA) is 68.6 Å². The van der Waals surface area contributed by atoms with Crippen LogP contribution in [-0.4, -0.2) is 53.9 Å². The van der Waals surface area contributed by atoms with Gasteiger partial charge in [0.15, 0.2) is 0 Å². The van der Waals surface area contributed by atoms with E-state index in [2.05, 4.69) is 22.4 Å². The van der Waals surface area contributed by atoms with Gasteiger partial charge in [0.1, 0.15) is 24.7 Å². The second kappa shape index (κ2) is 8.86. The van der Waals surface area contributed by atoms with Crippen LogP contribution >= 0.6 is 0 Å². The zero-order chi connectivity index (χ0) is 20.2. The van der Waals surface area contributed by atoms with Gasteiger partial charge in [-0.2, -0.15) is 5.10 Å². The van der Waals surface area contributed by atoms with E-state index in [1.807, 2.05) is 18.2 Å². The molecule has 1 aliphatic carbocycles. The molecule has 1 amide bonds. The number of nitrogens with zero attached hydrogens (tertiary/aromatic N) is 3. The highest BCUT2D eigenvalue weighted by Gasteiger charge is 2.24. The molecule has 1 aromatic heterocycles. The predicted molar refractivity (Wildman–Crippen MR) is 111 cm³/mol. The van der Waals surface area contributed by atoms with Gasteiger partial charge in [-0.3, -0.25) is 9.48 Å². The molecule has 7 heteroatoms. The molecular formula is C22H30N4O3. The van der Waals surface area contributed by atoms with Gasteiger partial charge in [0.25, 0.3) is 0 Å². The second-order valence-corrected chi connectivity index (χ2v) is 7.95. The molecule has 2 aromatic rings. The number of amides is 1. The Balaban J connectivity index is 1.37. The van der Waals surface area contributed by atoms with Crippen LogP contribution in [0.2, 0.25) is 0 Å². The average Bonchev–Trinajstić information content (AvgIpc) is 3.17. The zero-order valence-corrected chi connectivity index (χ0v) is 17.3. The Morgan fingerprint density at radius 1 is 1.34 bits per heavy atom. The molecule has 0 radical (unpaired) electrons. The van der Waals surface area contributed by atoms with Gasteiger partial charge in [-0.05, 0) is 38.1 Å². The molecule has 0 bridgehead atoms. The zero-order valence-electron chi connectivity index (χ0n) is 17.3. The lowest BCUT2D eigenvalue weighted by Gasteiger charge is -2.31. The third kappa shape index (κ3) is 4.40. The van der Waals surface area contributed by atoms with Gasteiger partial charge in [-0.1, -0.05) is 19.3 Å². The Bertz CT molecular complexity index is 858. The first-order valence-corrected chi connectivity index (χ1v) is 10.5. The maximum atomic E-state index is 12.5. The first kappa shape index (κ1) is 19.8. The highest BCUT2D eigenvalue weighted by Crippen LogP contribution is 2.39. The highest BCUT2D eigenvalue weighted by molar-refractivity contribution is 5.78. The Hall–Kier alpha value is -2.54. The van der Waals surface area contributed by atoms with Crippen molar-refractivity contribution in [3.8, 4) is 22.8 Å². The van der Waals surface area contributed by atoms with Gasteiger partial charge in [-0.25, -0.2) is 0 Å². The molecule has 4 rings (SSSR count). The summed E-state index contributed by atoms with van der Waals surface area (Å²) in [5.41, 5.74) is 2.82. The van der Waals surface area contributed by atoms with Crippen molar-refractivity contribution >= 4 is 5.91 Å². The average molecular weight is 399 g/mol. The molecule has 1 N–H and O–H groups in total. The molecule has 1 aliphatic heterocycles. The van der Waals surface area contributed by atoms with Gasteiger partial charge in [-0.15, -0.1) is 0 Å². The van der Waals surface area contributed by atoms with Crippen LogP contribution in [0.4, 0.5) is 0 Å². The van der Waals surface area contributed by atoms with E-state index in [-0.39, 0.29) is 12.5 Å². The second-order valence-electron chi connectivity index (χ2n) is 7.95. The number of hydrogen-bond donors (Lipinski definition) is 1. The maximum Gasteiger partial charge on any atom is 0.241 e. The molecular weight excluding hydrogens is 368 g/mol. The summed E-state index contributed by atoms with van der Waals surface area (Å²) in [6.45, 7) is 2.19. The third-order valence-electron chi connectivity index (χ3n) is 6.02. The normalized spacial score (nSPS) is 16.1. The Morgan fingerprint density at radius 3 is 2.97 bits per heavy atom. The molecule has 0 atom stereocenters. The number of aromatic nitrogens is 2. The molecule has 29 heavy (non-hydrogen) atoms. The lowest BCUT2D eigenvalue weighted by molar-refractivity contribution is -0.121. The van der Waals surface area contributed by atoms with Crippen LogP contribution in [0.5, 0.6) is 11.5 Å². The van der Waals surface area contributed by atoms with Gasteiger partial charge < -0.3 is 19.7 Å². The number of nitrogens with one attached hydrogen (secondary N) is 1. The van der Waals surface area contributed by atoms with Gasteiger partial charge in [0, 0.05) is 30.3 Å². The maximum absolute atomic E-state index is 12.5. The fraction of sp³-hybridized carbons (Fsp3) is 0.545. The predicted octanol–water partition coefficient (Wildman–Crippen LogP) is 2.83. The van der Waals surface area contributed by atoms with Crippen molar-refractivity contribution in [3.05, 3.63) is 30.0 Å². The van der Waals surface area contributed by atoms with Crippen molar-refractivity contribution in [2.75, 3.05) is 27.2 Å². The number of carbonyl (C=O) groups is 1. The van der Waals surface area contributed by atoms with Crippen LogP contribution in [0.25, 0.3) is 11.3 Å². The quantitative estimate of drug-likeness (QED) is 0.777. The Kier molecular flexibility index (Phi) is 6.04. The molecule has 156 valence electrons. The van der Waals surface area contributed by atoms with Crippen molar-refractivity contribution in [1.29, 1.82) is 0 Å². The van der Waals surface area contributed by atoms with Crippen molar-refractivity contribution in [2.24, 2.45) is 0 Å². The Morgan fingerprint density at radius 2 is 2.17 bits per heavy atom. The summed E-state index contributed by atoms with van der Waals surface area (Å²) in [5.74, 6) is 1.52. The largest absolute Gasteiger partial charge is 0.497 e. The number of fused-ring (bicyclic) bond motifs is 3. The highest BCUT2D eigenvalue weighted by atomic mass is 16.5. The summed E-state index contributed by atoms with van der Waals surface area (Å²) in [6, 6.07) is 6.36. The minimum Gasteiger partial charge on any atom is -0.497 e. The summed E-state index contributed by atoms with van der Waals surface area (Å²) < 4.78 is 12.9. The van der Waals surface area contributed by atoms with E-state index in [0.29, 0.717) is 19.2 Å². The number of likely N-dealkylation sites (N-methyl/N-ethyl adjacent to an activating group) is 1. The van der Waals surface area contributed by atoms with Crippen molar-refractivity contribution in [1.82, 2.24) is 20.0 Å². The van der Waals surface area contributed by atoms with Gasteiger partial charge in [0.2, 0.25) is 5.91 Å². The minimum absolute atomic E-state index is 0.0242. The number of benzene rings is 1. The van der Waals surface area contributed by atoms with E-state index >= 15 is 0 Å². The monoisotopic (exact) mass is 398 g/mol. The molecule has 2 heterocycles.